The minimum Gasteiger partial charge on any atom is -0.320 e. The fourth-order valence-electron chi connectivity index (χ4n) is 1.65. The number of rotatable bonds is 1. The van der Waals surface area contributed by atoms with E-state index < -0.39 is 0 Å². The predicted molar refractivity (Wildman–Crippen MR) is 64.1 cm³/mol. The Hall–Kier alpha value is -0.580. The van der Waals surface area contributed by atoms with Gasteiger partial charge in [0, 0.05) is 21.7 Å². The van der Waals surface area contributed by atoms with E-state index in [0.717, 1.165) is 10.2 Å². The van der Waals surface area contributed by atoms with Crippen LogP contribution in [0.25, 0.3) is 0 Å². The van der Waals surface area contributed by atoms with E-state index in [-0.39, 0.29) is 11.9 Å². The Kier molecular flexibility index (Phi) is 3.00. The molecule has 1 unspecified atom stereocenters. The van der Waals surface area contributed by atoms with Crippen LogP contribution in [0.1, 0.15) is 6.42 Å². The molecule has 2 N–H and O–H groups in total. The molecule has 80 valence electrons. The minimum absolute atomic E-state index is 0.0378. The van der Waals surface area contributed by atoms with Crippen LogP contribution >= 0.6 is 27.5 Å². The topological polar surface area (TPSA) is 46.3 Å². The summed E-state index contributed by atoms with van der Waals surface area (Å²) in [6.07, 6.45) is 0.697. The molecule has 1 aromatic carbocycles. The first-order valence-corrected chi connectivity index (χ1v) is 5.78. The average Bonchev–Trinajstić information content (AvgIpc) is 2.46. The monoisotopic (exact) mass is 288 g/mol. The third kappa shape index (κ3) is 2.17. The van der Waals surface area contributed by atoms with Crippen molar-refractivity contribution in [2.24, 2.45) is 5.73 Å². The van der Waals surface area contributed by atoms with Crippen LogP contribution in [0.15, 0.2) is 22.7 Å². The maximum atomic E-state index is 11.7. The lowest BCUT2D eigenvalue weighted by Gasteiger charge is -2.16. The lowest BCUT2D eigenvalue weighted by Crippen LogP contribution is -2.33. The molecule has 5 heteroatoms. The van der Waals surface area contributed by atoms with Gasteiger partial charge < -0.3 is 10.6 Å². The van der Waals surface area contributed by atoms with E-state index in [4.69, 9.17) is 17.3 Å². The van der Waals surface area contributed by atoms with Crippen molar-refractivity contribution in [2.45, 2.75) is 12.5 Å². The van der Waals surface area contributed by atoms with Crippen molar-refractivity contribution in [1.29, 1.82) is 0 Å². The molecule has 0 radical (unpaired) electrons. The zero-order valence-corrected chi connectivity index (χ0v) is 10.3. The van der Waals surface area contributed by atoms with Crippen molar-refractivity contribution >= 4 is 39.1 Å². The van der Waals surface area contributed by atoms with Gasteiger partial charge in [-0.25, -0.2) is 0 Å². The number of carbonyl (C=O) groups excluding carboxylic acids is 1. The molecular formula is C10H10BrClN2O. The van der Waals surface area contributed by atoms with Gasteiger partial charge in [-0.1, -0.05) is 27.5 Å². The summed E-state index contributed by atoms with van der Waals surface area (Å²) >= 11 is 9.25. The maximum Gasteiger partial charge on any atom is 0.243 e. The smallest absolute Gasteiger partial charge is 0.243 e. The van der Waals surface area contributed by atoms with E-state index >= 15 is 0 Å². The summed E-state index contributed by atoms with van der Waals surface area (Å²) < 4.78 is 0.860. The zero-order valence-electron chi connectivity index (χ0n) is 7.91. The van der Waals surface area contributed by atoms with Crippen molar-refractivity contribution in [1.82, 2.24) is 0 Å². The fraction of sp³-hybridized carbons (Fsp3) is 0.300. The van der Waals surface area contributed by atoms with E-state index in [2.05, 4.69) is 15.9 Å². The Balaban J connectivity index is 2.34. The van der Waals surface area contributed by atoms with E-state index in [1.54, 1.807) is 17.0 Å². The van der Waals surface area contributed by atoms with Crippen molar-refractivity contribution in [3.8, 4) is 0 Å². The number of hydrogen-bond donors (Lipinski definition) is 1. The highest BCUT2D eigenvalue weighted by Gasteiger charge is 2.29. The van der Waals surface area contributed by atoms with E-state index in [1.807, 2.05) is 6.07 Å². The zero-order chi connectivity index (χ0) is 11.0. The molecule has 3 nitrogen and oxygen atoms in total. The Bertz CT molecular complexity index is 390. The third-order valence-electron chi connectivity index (χ3n) is 2.41. The van der Waals surface area contributed by atoms with Crippen LogP contribution in [0.2, 0.25) is 5.02 Å². The number of halogens is 2. The van der Waals surface area contributed by atoms with Gasteiger partial charge in [0.25, 0.3) is 0 Å². The first kappa shape index (κ1) is 10.9. The average molecular weight is 290 g/mol. The number of benzene rings is 1. The van der Waals surface area contributed by atoms with Gasteiger partial charge in [-0.05, 0) is 24.6 Å². The summed E-state index contributed by atoms with van der Waals surface area (Å²) in [6.45, 7) is 0.660. The first-order chi connectivity index (χ1) is 7.08. The molecular weight excluding hydrogens is 279 g/mol. The van der Waals surface area contributed by atoms with E-state index in [1.165, 1.54) is 0 Å². The molecule has 1 atom stereocenters. The highest BCUT2D eigenvalue weighted by molar-refractivity contribution is 9.10. The van der Waals surface area contributed by atoms with Crippen molar-refractivity contribution in [3.05, 3.63) is 27.7 Å². The van der Waals surface area contributed by atoms with Crippen LogP contribution in [-0.4, -0.2) is 18.5 Å². The first-order valence-electron chi connectivity index (χ1n) is 4.61. The molecule has 1 saturated heterocycles. The number of nitrogens with zero attached hydrogens (tertiary/aromatic N) is 1. The van der Waals surface area contributed by atoms with Crippen molar-refractivity contribution < 1.29 is 4.79 Å². The number of nitrogens with two attached hydrogens (primary N) is 1. The normalized spacial score (nSPS) is 21.1. The van der Waals surface area contributed by atoms with Gasteiger partial charge in [-0.2, -0.15) is 0 Å². The number of amides is 1. The molecule has 2 rings (SSSR count). The molecule has 1 aromatic rings. The van der Waals surface area contributed by atoms with Gasteiger partial charge in [0.2, 0.25) is 5.91 Å². The Morgan fingerprint density at radius 2 is 2.20 bits per heavy atom. The standard InChI is InChI=1S/C10H10BrClN2O/c11-6-3-7(12)5-8(4-6)14-2-1-9(13)10(14)15/h3-5,9H,1-2,13H2. The maximum absolute atomic E-state index is 11.7. The molecule has 1 aliphatic heterocycles. The summed E-state index contributed by atoms with van der Waals surface area (Å²) in [7, 11) is 0. The SMILES string of the molecule is NC1CCN(c2cc(Cl)cc(Br)c2)C1=O. The largest absolute Gasteiger partial charge is 0.320 e. The molecule has 0 aromatic heterocycles. The van der Waals surface area contributed by atoms with Crippen LogP contribution in [0.3, 0.4) is 0 Å². The fourth-order valence-corrected chi connectivity index (χ4v) is 2.50. The van der Waals surface area contributed by atoms with Crippen molar-refractivity contribution in [3.63, 3.8) is 0 Å². The number of anilines is 1. The number of carbonyl (C=O) groups is 1. The molecule has 0 aliphatic carbocycles. The molecule has 1 fully saturated rings. The quantitative estimate of drug-likeness (QED) is 0.861. The van der Waals surface area contributed by atoms with Gasteiger partial charge in [0.15, 0.2) is 0 Å². The van der Waals surface area contributed by atoms with Crippen LogP contribution in [0.5, 0.6) is 0 Å². The summed E-state index contributed by atoms with van der Waals surface area (Å²) in [5.41, 5.74) is 6.44. The van der Waals surface area contributed by atoms with Gasteiger partial charge >= 0.3 is 0 Å². The summed E-state index contributed by atoms with van der Waals surface area (Å²) in [4.78, 5) is 13.3. The van der Waals surface area contributed by atoms with E-state index in [9.17, 15) is 4.79 Å². The lowest BCUT2D eigenvalue weighted by atomic mass is 10.3. The lowest BCUT2D eigenvalue weighted by molar-refractivity contribution is -0.118. The second kappa shape index (κ2) is 4.12. The van der Waals surface area contributed by atoms with Gasteiger partial charge in [0.05, 0.1) is 6.04 Å². The molecule has 0 bridgehead atoms. The van der Waals surface area contributed by atoms with Gasteiger partial charge in [0.1, 0.15) is 0 Å². The summed E-state index contributed by atoms with van der Waals surface area (Å²) in [5.74, 6) is -0.0378. The van der Waals surface area contributed by atoms with Gasteiger partial charge in [-0.3, -0.25) is 4.79 Å². The van der Waals surface area contributed by atoms with E-state index in [0.29, 0.717) is 18.0 Å². The molecule has 1 heterocycles. The highest BCUT2D eigenvalue weighted by Crippen LogP contribution is 2.28. The van der Waals surface area contributed by atoms with Gasteiger partial charge in [-0.15, -0.1) is 0 Å². The van der Waals surface area contributed by atoms with Crippen molar-refractivity contribution in [2.75, 3.05) is 11.4 Å². The third-order valence-corrected chi connectivity index (χ3v) is 3.08. The minimum atomic E-state index is -0.372. The molecule has 0 spiro atoms. The van der Waals surface area contributed by atoms with Crippen LogP contribution in [0.4, 0.5) is 5.69 Å². The summed E-state index contributed by atoms with van der Waals surface area (Å²) in [6, 6.07) is 5.04. The Morgan fingerprint density at radius 3 is 2.73 bits per heavy atom. The van der Waals surface area contributed by atoms with Crippen LogP contribution in [-0.2, 0) is 4.79 Å². The second-order valence-electron chi connectivity index (χ2n) is 3.51. The van der Waals surface area contributed by atoms with Crippen LogP contribution in [0, 0.1) is 0 Å². The molecule has 15 heavy (non-hydrogen) atoms. The second-order valence-corrected chi connectivity index (χ2v) is 4.86. The van der Waals surface area contributed by atoms with Crippen LogP contribution < -0.4 is 10.6 Å². The predicted octanol–water partition coefficient (Wildman–Crippen LogP) is 2.17. The molecule has 0 saturated carbocycles. The number of hydrogen-bond acceptors (Lipinski definition) is 2. The highest BCUT2D eigenvalue weighted by atomic mass is 79.9. The Morgan fingerprint density at radius 1 is 1.47 bits per heavy atom. The summed E-state index contributed by atoms with van der Waals surface area (Å²) in [5, 5.41) is 0.604. The Labute approximate surface area is 101 Å². The molecule has 1 amide bonds. The molecule has 1 aliphatic rings.